The number of hydrogen-bond acceptors (Lipinski definition) is 3. The van der Waals surface area contributed by atoms with Gasteiger partial charge in [-0.15, -0.1) is 0 Å². The van der Waals surface area contributed by atoms with Crippen molar-refractivity contribution in [2.45, 2.75) is 5.54 Å². The molecule has 0 saturated carbocycles. The maximum absolute atomic E-state index is 12.1. The van der Waals surface area contributed by atoms with Gasteiger partial charge in [0, 0.05) is 0 Å². The number of benzene rings is 2. The SMILES string of the molecule is O=C1OC=NC1(c1ccccc1)c1ccccc1. The van der Waals surface area contributed by atoms with E-state index >= 15 is 0 Å². The molecule has 3 nitrogen and oxygen atoms in total. The van der Waals surface area contributed by atoms with Crippen molar-refractivity contribution in [1.29, 1.82) is 0 Å². The lowest BCUT2D eigenvalue weighted by atomic mass is 9.84. The Morgan fingerprint density at radius 1 is 0.833 bits per heavy atom. The average Bonchev–Trinajstić information content (AvgIpc) is 2.84. The number of rotatable bonds is 2. The largest absolute Gasteiger partial charge is 0.412 e. The first-order valence-electron chi connectivity index (χ1n) is 5.70. The smallest absolute Gasteiger partial charge is 0.349 e. The molecule has 3 heteroatoms. The first-order valence-corrected chi connectivity index (χ1v) is 5.70. The molecule has 0 spiro atoms. The number of esters is 1. The zero-order chi connectivity index (χ0) is 12.4. The van der Waals surface area contributed by atoms with Gasteiger partial charge in [0.2, 0.25) is 5.54 Å². The number of carbonyl (C=O) groups is 1. The van der Waals surface area contributed by atoms with E-state index in [4.69, 9.17) is 4.74 Å². The van der Waals surface area contributed by atoms with Crippen LogP contribution in [0.1, 0.15) is 11.1 Å². The van der Waals surface area contributed by atoms with E-state index in [0.29, 0.717) is 0 Å². The summed E-state index contributed by atoms with van der Waals surface area (Å²) < 4.78 is 4.95. The lowest BCUT2D eigenvalue weighted by Crippen LogP contribution is -2.32. The summed E-state index contributed by atoms with van der Waals surface area (Å²) in [7, 11) is 0. The number of nitrogens with zero attached hydrogens (tertiary/aromatic N) is 1. The van der Waals surface area contributed by atoms with E-state index in [2.05, 4.69) is 4.99 Å². The summed E-state index contributed by atoms with van der Waals surface area (Å²) in [5, 5.41) is 0. The minimum atomic E-state index is -1.05. The summed E-state index contributed by atoms with van der Waals surface area (Å²) in [6.45, 7) is 0. The highest BCUT2D eigenvalue weighted by Crippen LogP contribution is 2.37. The third kappa shape index (κ3) is 1.44. The van der Waals surface area contributed by atoms with Crippen LogP contribution in [0, 0.1) is 0 Å². The van der Waals surface area contributed by atoms with E-state index in [0.717, 1.165) is 11.1 Å². The van der Waals surface area contributed by atoms with E-state index < -0.39 is 5.54 Å². The predicted molar refractivity (Wildman–Crippen MR) is 68.2 cm³/mol. The molecule has 0 radical (unpaired) electrons. The molecule has 0 unspecified atom stereocenters. The molecular weight excluding hydrogens is 226 g/mol. The second-order valence-corrected chi connectivity index (χ2v) is 4.08. The average molecular weight is 237 g/mol. The van der Waals surface area contributed by atoms with Crippen LogP contribution in [0.3, 0.4) is 0 Å². The zero-order valence-electron chi connectivity index (χ0n) is 9.61. The van der Waals surface area contributed by atoms with Crippen LogP contribution in [0.5, 0.6) is 0 Å². The Balaban J connectivity index is 2.24. The molecule has 3 rings (SSSR count). The molecule has 0 bridgehead atoms. The quantitative estimate of drug-likeness (QED) is 0.753. The van der Waals surface area contributed by atoms with Gasteiger partial charge in [0.25, 0.3) is 0 Å². The van der Waals surface area contributed by atoms with Gasteiger partial charge < -0.3 is 4.74 Å². The number of cyclic esters (lactones) is 1. The molecule has 0 aliphatic carbocycles. The minimum Gasteiger partial charge on any atom is -0.412 e. The molecule has 1 aliphatic heterocycles. The second kappa shape index (κ2) is 4.11. The molecule has 88 valence electrons. The third-order valence-electron chi connectivity index (χ3n) is 3.08. The molecule has 1 aliphatic rings. The lowest BCUT2D eigenvalue weighted by Gasteiger charge is -2.23. The van der Waals surface area contributed by atoms with Crippen LogP contribution in [0.25, 0.3) is 0 Å². The molecule has 0 atom stereocenters. The molecular formula is C15H11NO2. The molecule has 18 heavy (non-hydrogen) atoms. The topological polar surface area (TPSA) is 38.7 Å². The Bertz CT molecular complexity index is 551. The number of aliphatic imine (C=N–C) groups is 1. The van der Waals surface area contributed by atoms with Gasteiger partial charge in [-0.3, -0.25) is 0 Å². The normalized spacial score (nSPS) is 16.6. The second-order valence-electron chi connectivity index (χ2n) is 4.08. The van der Waals surface area contributed by atoms with Gasteiger partial charge in [0.05, 0.1) is 0 Å². The maximum atomic E-state index is 12.1. The number of ether oxygens (including phenoxy) is 1. The van der Waals surface area contributed by atoms with Gasteiger partial charge in [-0.25, -0.2) is 9.79 Å². The van der Waals surface area contributed by atoms with E-state index in [1.165, 1.54) is 6.40 Å². The highest BCUT2D eigenvalue weighted by atomic mass is 16.5. The van der Waals surface area contributed by atoms with Gasteiger partial charge >= 0.3 is 5.97 Å². The molecule has 0 amide bonds. The van der Waals surface area contributed by atoms with Crippen molar-refractivity contribution in [2.24, 2.45) is 4.99 Å². The lowest BCUT2D eigenvalue weighted by molar-refractivity contribution is -0.137. The fraction of sp³-hybridized carbons (Fsp3) is 0.0667. The Labute approximate surface area is 105 Å². The number of carbonyl (C=O) groups excluding carboxylic acids is 1. The molecule has 0 saturated heterocycles. The van der Waals surface area contributed by atoms with Crippen LogP contribution in [-0.4, -0.2) is 12.4 Å². The molecule has 0 fully saturated rings. The van der Waals surface area contributed by atoms with Crippen LogP contribution in [0.4, 0.5) is 0 Å². The monoisotopic (exact) mass is 237 g/mol. The van der Waals surface area contributed by atoms with E-state index in [1.807, 2.05) is 60.7 Å². The Morgan fingerprint density at radius 3 is 1.72 bits per heavy atom. The number of hydrogen-bond donors (Lipinski definition) is 0. The summed E-state index contributed by atoms with van der Waals surface area (Å²) in [5.41, 5.74) is 0.576. The summed E-state index contributed by atoms with van der Waals surface area (Å²) in [4.78, 5) is 16.4. The van der Waals surface area contributed by atoms with Crippen molar-refractivity contribution >= 4 is 12.4 Å². The summed E-state index contributed by atoms with van der Waals surface area (Å²) in [5.74, 6) is -0.361. The summed E-state index contributed by atoms with van der Waals surface area (Å²) >= 11 is 0. The molecule has 2 aromatic rings. The van der Waals surface area contributed by atoms with Crippen molar-refractivity contribution in [3.8, 4) is 0 Å². The van der Waals surface area contributed by atoms with Gasteiger partial charge in [-0.2, -0.15) is 0 Å². The van der Waals surface area contributed by atoms with E-state index in [1.54, 1.807) is 0 Å². The Hall–Kier alpha value is -2.42. The van der Waals surface area contributed by atoms with E-state index in [9.17, 15) is 4.79 Å². The van der Waals surface area contributed by atoms with Crippen molar-refractivity contribution in [2.75, 3.05) is 0 Å². The van der Waals surface area contributed by atoms with Crippen molar-refractivity contribution in [3.63, 3.8) is 0 Å². The van der Waals surface area contributed by atoms with Crippen LogP contribution >= 0.6 is 0 Å². The van der Waals surface area contributed by atoms with Crippen LogP contribution < -0.4 is 0 Å². The first-order chi connectivity index (χ1) is 8.84. The van der Waals surface area contributed by atoms with Gasteiger partial charge in [-0.05, 0) is 11.1 Å². The fourth-order valence-corrected chi connectivity index (χ4v) is 2.20. The van der Waals surface area contributed by atoms with Gasteiger partial charge in [0.1, 0.15) is 0 Å². The molecule has 0 N–H and O–H groups in total. The Morgan fingerprint density at radius 2 is 1.33 bits per heavy atom. The van der Waals surface area contributed by atoms with Crippen LogP contribution in [-0.2, 0) is 15.1 Å². The first kappa shape index (κ1) is 10.7. The molecule has 2 aromatic carbocycles. The predicted octanol–water partition coefficient (Wildman–Crippen LogP) is 2.52. The third-order valence-corrected chi connectivity index (χ3v) is 3.08. The van der Waals surface area contributed by atoms with Gasteiger partial charge in [0.15, 0.2) is 6.40 Å². The van der Waals surface area contributed by atoms with Crippen molar-refractivity contribution in [1.82, 2.24) is 0 Å². The highest BCUT2D eigenvalue weighted by molar-refractivity contribution is 5.96. The summed E-state index contributed by atoms with van der Waals surface area (Å²) in [6.07, 6.45) is 1.22. The van der Waals surface area contributed by atoms with Crippen molar-refractivity contribution < 1.29 is 9.53 Å². The van der Waals surface area contributed by atoms with Gasteiger partial charge in [-0.1, -0.05) is 60.7 Å². The molecule has 1 heterocycles. The fourth-order valence-electron chi connectivity index (χ4n) is 2.20. The maximum Gasteiger partial charge on any atom is 0.349 e. The van der Waals surface area contributed by atoms with E-state index in [-0.39, 0.29) is 5.97 Å². The Kier molecular flexibility index (Phi) is 2.45. The molecule has 0 aromatic heterocycles. The van der Waals surface area contributed by atoms with Crippen LogP contribution in [0.15, 0.2) is 65.7 Å². The van der Waals surface area contributed by atoms with Crippen molar-refractivity contribution in [3.05, 3.63) is 71.8 Å². The zero-order valence-corrected chi connectivity index (χ0v) is 9.61. The highest BCUT2D eigenvalue weighted by Gasteiger charge is 2.46. The summed E-state index contributed by atoms with van der Waals surface area (Å²) in [6, 6.07) is 18.9. The van der Waals surface area contributed by atoms with Crippen LogP contribution in [0.2, 0.25) is 0 Å². The standard InChI is InChI=1S/C15H11NO2/c17-14-15(16-11-18-14,12-7-3-1-4-8-12)13-9-5-2-6-10-13/h1-11H. The minimum absolute atomic E-state index is 0.361.